The number of nitrogens with zero attached hydrogens (tertiary/aromatic N) is 2. The molecule has 1 aliphatic rings. The first kappa shape index (κ1) is 18.6. The SMILES string of the molecule is CCOP(=O)(OCC)c1ncc(B2OC(C)(C)C(C)(C)O2)cn1. The maximum Gasteiger partial charge on any atom is 0.498 e. The molecule has 1 aromatic heterocycles. The molecule has 0 aliphatic carbocycles. The summed E-state index contributed by atoms with van der Waals surface area (Å²) < 4.78 is 35.0. The van der Waals surface area contributed by atoms with Gasteiger partial charge in [-0.05, 0) is 41.5 Å². The summed E-state index contributed by atoms with van der Waals surface area (Å²) in [7, 11) is -4.04. The van der Waals surface area contributed by atoms with Crippen LogP contribution < -0.4 is 11.0 Å². The third kappa shape index (κ3) is 3.67. The Hall–Kier alpha value is -0.785. The van der Waals surface area contributed by atoms with Crippen molar-refractivity contribution in [2.75, 3.05) is 13.2 Å². The number of aromatic nitrogens is 2. The van der Waals surface area contributed by atoms with Crippen LogP contribution in [0.15, 0.2) is 12.4 Å². The lowest BCUT2D eigenvalue weighted by Gasteiger charge is -2.32. The fourth-order valence-electron chi connectivity index (χ4n) is 2.07. The standard InChI is InChI=1S/C14H24BN2O5P/c1-7-19-23(18,20-8-2)12-16-9-11(10-17-12)15-21-13(3,4)14(5,6)22-15/h9-10H,7-8H2,1-6H3. The second-order valence-corrected chi connectivity index (χ2v) is 8.15. The second-order valence-electron chi connectivity index (χ2n) is 6.24. The molecule has 0 bridgehead atoms. The summed E-state index contributed by atoms with van der Waals surface area (Å²) in [6, 6.07) is 0. The Morgan fingerprint density at radius 2 is 1.48 bits per heavy atom. The molecule has 0 saturated carbocycles. The van der Waals surface area contributed by atoms with Crippen LogP contribution in [0.4, 0.5) is 0 Å². The van der Waals surface area contributed by atoms with Crippen LogP contribution in [-0.2, 0) is 22.9 Å². The highest BCUT2D eigenvalue weighted by Gasteiger charge is 2.52. The molecule has 1 aromatic rings. The van der Waals surface area contributed by atoms with Gasteiger partial charge in [0.15, 0.2) is 0 Å². The van der Waals surface area contributed by atoms with Crippen molar-refractivity contribution in [3.63, 3.8) is 0 Å². The fourth-order valence-corrected chi connectivity index (χ4v) is 3.45. The number of rotatable bonds is 6. The predicted molar refractivity (Wildman–Crippen MR) is 88.2 cm³/mol. The van der Waals surface area contributed by atoms with Crippen molar-refractivity contribution in [1.29, 1.82) is 0 Å². The van der Waals surface area contributed by atoms with Gasteiger partial charge >= 0.3 is 14.7 Å². The molecular formula is C14H24BN2O5P. The van der Waals surface area contributed by atoms with E-state index < -0.39 is 25.9 Å². The zero-order chi connectivity index (χ0) is 17.3. The number of hydrogen-bond donors (Lipinski definition) is 0. The van der Waals surface area contributed by atoms with Crippen LogP contribution in [0.3, 0.4) is 0 Å². The molecule has 0 unspecified atom stereocenters. The van der Waals surface area contributed by atoms with E-state index in [0.717, 1.165) is 0 Å². The normalized spacial score (nSPS) is 20.0. The lowest BCUT2D eigenvalue weighted by atomic mass is 9.81. The maximum atomic E-state index is 12.6. The highest BCUT2D eigenvalue weighted by molar-refractivity contribution is 7.61. The molecule has 1 fully saturated rings. The molecule has 1 saturated heterocycles. The molecule has 128 valence electrons. The van der Waals surface area contributed by atoms with Gasteiger partial charge in [0.1, 0.15) is 0 Å². The van der Waals surface area contributed by atoms with Crippen LogP contribution in [0.2, 0.25) is 0 Å². The largest absolute Gasteiger partial charge is 0.498 e. The Bertz CT molecular complexity index is 567. The average Bonchev–Trinajstić information content (AvgIpc) is 2.68. The van der Waals surface area contributed by atoms with Crippen molar-refractivity contribution < 1.29 is 22.9 Å². The summed E-state index contributed by atoms with van der Waals surface area (Å²) in [6.45, 7) is 11.9. The third-order valence-corrected chi connectivity index (χ3v) is 5.94. The van der Waals surface area contributed by atoms with Gasteiger partial charge < -0.3 is 18.4 Å². The van der Waals surface area contributed by atoms with Crippen molar-refractivity contribution in [3.8, 4) is 0 Å². The van der Waals surface area contributed by atoms with Crippen LogP contribution in [0, 0.1) is 0 Å². The van der Waals surface area contributed by atoms with E-state index in [1.807, 2.05) is 27.7 Å². The molecule has 0 atom stereocenters. The van der Waals surface area contributed by atoms with Gasteiger partial charge in [-0.25, -0.2) is 9.97 Å². The Morgan fingerprint density at radius 3 is 1.87 bits per heavy atom. The van der Waals surface area contributed by atoms with Crippen molar-refractivity contribution in [2.24, 2.45) is 0 Å². The number of hydrogen-bond acceptors (Lipinski definition) is 7. The van der Waals surface area contributed by atoms with E-state index in [9.17, 15) is 4.57 Å². The van der Waals surface area contributed by atoms with E-state index >= 15 is 0 Å². The molecule has 1 aliphatic heterocycles. The van der Waals surface area contributed by atoms with Crippen molar-refractivity contribution in [3.05, 3.63) is 12.4 Å². The quantitative estimate of drug-likeness (QED) is 0.575. The first-order valence-electron chi connectivity index (χ1n) is 7.72. The average molecular weight is 342 g/mol. The van der Waals surface area contributed by atoms with Crippen LogP contribution in [0.1, 0.15) is 41.5 Å². The summed E-state index contributed by atoms with van der Waals surface area (Å²) in [5.74, 6) is 0. The predicted octanol–water partition coefficient (Wildman–Crippen LogP) is 1.67. The Kier molecular flexibility index (Phi) is 5.33. The summed E-state index contributed by atoms with van der Waals surface area (Å²) in [5.41, 5.74) is -0.182. The lowest BCUT2D eigenvalue weighted by molar-refractivity contribution is 0.00578. The van der Waals surface area contributed by atoms with Crippen molar-refractivity contribution in [1.82, 2.24) is 9.97 Å². The zero-order valence-electron chi connectivity index (χ0n) is 14.5. The fraction of sp³-hybridized carbons (Fsp3) is 0.714. The molecule has 0 spiro atoms. The molecular weight excluding hydrogens is 318 g/mol. The zero-order valence-corrected chi connectivity index (χ0v) is 15.4. The smallest absolute Gasteiger partial charge is 0.399 e. The van der Waals surface area contributed by atoms with Crippen LogP contribution in [0.25, 0.3) is 0 Å². The molecule has 0 N–H and O–H groups in total. The van der Waals surface area contributed by atoms with E-state index in [-0.39, 0.29) is 18.8 Å². The molecule has 0 amide bonds. The monoisotopic (exact) mass is 342 g/mol. The Morgan fingerprint density at radius 1 is 1.04 bits per heavy atom. The molecule has 23 heavy (non-hydrogen) atoms. The highest BCUT2D eigenvalue weighted by Crippen LogP contribution is 2.45. The Balaban J connectivity index is 2.22. The Labute approximate surface area is 137 Å². The van der Waals surface area contributed by atoms with Gasteiger partial charge in [-0.3, -0.25) is 4.57 Å². The van der Waals surface area contributed by atoms with Crippen molar-refractivity contribution >= 4 is 25.7 Å². The van der Waals surface area contributed by atoms with E-state index in [1.54, 1.807) is 13.8 Å². The molecule has 0 aromatic carbocycles. The van der Waals surface area contributed by atoms with Gasteiger partial charge in [-0.2, -0.15) is 0 Å². The van der Waals surface area contributed by atoms with Gasteiger partial charge in [-0.1, -0.05) is 0 Å². The van der Waals surface area contributed by atoms with Gasteiger partial charge in [0.05, 0.1) is 24.4 Å². The third-order valence-electron chi connectivity index (χ3n) is 4.03. The van der Waals surface area contributed by atoms with Gasteiger partial charge in [0.25, 0.3) is 0 Å². The lowest BCUT2D eigenvalue weighted by Crippen LogP contribution is -2.41. The van der Waals surface area contributed by atoms with E-state index in [0.29, 0.717) is 5.46 Å². The first-order chi connectivity index (χ1) is 10.6. The molecule has 2 rings (SSSR count). The summed E-state index contributed by atoms with van der Waals surface area (Å²) >= 11 is 0. The van der Waals surface area contributed by atoms with Gasteiger partial charge in [-0.15, -0.1) is 0 Å². The summed E-state index contributed by atoms with van der Waals surface area (Å²) in [5, 5.41) is 0. The molecule has 9 heteroatoms. The highest BCUT2D eigenvalue weighted by atomic mass is 31.2. The van der Waals surface area contributed by atoms with E-state index in [2.05, 4.69) is 9.97 Å². The van der Waals surface area contributed by atoms with Crippen LogP contribution in [0.5, 0.6) is 0 Å². The maximum absolute atomic E-state index is 12.6. The molecule has 7 nitrogen and oxygen atoms in total. The van der Waals surface area contributed by atoms with Gasteiger partial charge in [0.2, 0.25) is 5.57 Å². The van der Waals surface area contributed by atoms with E-state index in [1.165, 1.54) is 12.4 Å². The topological polar surface area (TPSA) is 79.8 Å². The molecule has 0 radical (unpaired) electrons. The van der Waals surface area contributed by atoms with Crippen LogP contribution in [-0.4, -0.2) is 41.5 Å². The second kappa shape index (κ2) is 6.61. The minimum atomic E-state index is -3.48. The summed E-state index contributed by atoms with van der Waals surface area (Å²) in [6.07, 6.45) is 3.07. The van der Waals surface area contributed by atoms with Gasteiger partial charge in [0, 0.05) is 17.9 Å². The van der Waals surface area contributed by atoms with Crippen molar-refractivity contribution in [2.45, 2.75) is 52.7 Å². The minimum absolute atomic E-state index is 0.0430. The van der Waals surface area contributed by atoms with E-state index in [4.69, 9.17) is 18.4 Å². The van der Waals surface area contributed by atoms with Crippen LogP contribution >= 0.6 is 7.60 Å². The molecule has 2 heterocycles. The summed E-state index contributed by atoms with van der Waals surface area (Å²) in [4.78, 5) is 8.29. The minimum Gasteiger partial charge on any atom is -0.399 e. The first-order valence-corrected chi connectivity index (χ1v) is 9.26.